The molecule has 0 aliphatic heterocycles. The first-order chi connectivity index (χ1) is 66.0. The van der Waals surface area contributed by atoms with Crippen molar-refractivity contribution in [1.82, 2.24) is 83.1 Å². The lowest BCUT2D eigenvalue weighted by atomic mass is 9.98. The number of benzene rings is 4. The molecule has 4 fully saturated rings. The first-order valence-electron chi connectivity index (χ1n) is 44.5. The second-order valence-electron chi connectivity index (χ2n) is 33.7. The average molecular weight is 1830 g/mol. The number of aromatic nitrogens is 17. The van der Waals surface area contributed by atoms with E-state index in [0.717, 1.165) is 140 Å². The second-order valence-corrected chi connectivity index (χ2v) is 33.7. The van der Waals surface area contributed by atoms with Crippen molar-refractivity contribution in [2.75, 3.05) is 49.7 Å². The van der Waals surface area contributed by atoms with Gasteiger partial charge in [0.25, 0.3) is 22.2 Å². The van der Waals surface area contributed by atoms with Crippen molar-refractivity contribution < 1.29 is 18.9 Å². The van der Waals surface area contributed by atoms with E-state index in [9.17, 15) is 19.2 Å². The summed E-state index contributed by atoms with van der Waals surface area (Å²) in [6.45, 7) is 44.8. The minimum Gasteiger partial charge on any atom is -0.495 e. The summed E-state index contributed by atoms with van der Waals surface area (Å²) in [5.74, 6) is 5.88. The predicted octanol–water partition coefficient (Wildman–Crippen LogP) is 20.9. The number of anilines is 4. The number of ether oxygens (including phenoxy) is 4. The molecule has 0 spiro atoms. The zero-order valence-corrected chi connectivity index (χ0v) is 76.8. The standard InChI is InChI=1S/3C26H24N6O2.C25H23N7O2.CH4/c1-15(30-25-21(27-3)14-28-16(2)31-25)22-12-17-6-5-7-20(18-8-11-23(34-4)29-13-18)24(17)26(33)32(22)19-9-10-19;1-15(30-25-22(27-3)14-29-16(2)31-25)23-11-17-6-5-7-21(18-10-20(34-4)13-28-12-18)24(17)26(33)32(23)19-8-9-19;1-15(30-25-21(27-3)14-29-16(2)31-25)22-12-18-6-5-7-20(17-10-11-28-23(13-17)34-4)24(18)26(33)32(22)19-8-9-19;1-14(30-23-20(26-3)13-27-15(2)31-23)21-10-16-6-5-7-19(17-11-28-25(34-4)29-12-17)22(16)24(33)32(21)18-8-9-18;/h5-8,11-15,19H,9-10H2,1-2,4H3,(H,28,30,31);2*5-7,10-15,19H,8-9H2,1-2,4H3,(H,29,30,31);5-7,10-14,18H,8-9H2,1-2,4H3,(H,27,30,31);1H4/t3*15-;14-;/m0000./s1. The Balaban J connectivity index is 0.000000132. The van der Waals surface area contributed by atoms with Gasteiger partial charge in [0, 0.05) is 132 Å². The summed E-state index contributed by atoms with van der Waals surface area (Å²) in [5, 5.41) is 19.4. The van der Waals surface area contributed by atoms with Crippen molar-refractivity contribution in [3.63, 3.8) is 0 Å². The van der Waals surface area contributed by atoms with E-state index in [4.69, 9.17) is 45.2 Å². The fourth-order valence-electron chi connectivity index (χ4n) is 17.0. The Labute approximate surface area is 789 Å². The van der Waals surface area contributed by atoms with Gasteiger partial charge in [-0.2, -0.15) is 0 Å². The van der Waals surface area contributed by atoms with Gasteiger partial charge in [0.1, 0.15) is 52.3 Å². The Morgan fingerprint density at radius 1 is 0.336 bits per heavy atom. The number of methoxy groups -OCH3 is 4. The van der Waals surface area contributed by atoms with Crippen LogP contribution >= 0.6 is 0 Å². The van der Waals surface area contributed by atoms with Crippen molar-refractivity contribution in [2.45, 2.75) is 163 Å². The maximum absolute atomic E-state index is 13.9. The van der Waals surface area contributed by atoms with Crippen LogP contribution in [0, 0.1) is 54.0 Å². The van der Waals surface area contributed by atoms with E-state index in [0.29, 0.717) is 108 Å². The molecule has 0 bridgehead atoms. The van der Waals surface area contributed by atoms with Crippen LogP contribution in [0.25, 0.3) is 107 Å². The van der Waals surface area contributed by atoms with Crippen molar-refractivity contribution in [3.8, 4) is 68.0 Å². The Bertz CT molecular complexity index is 7340. The van der Waals surface area contributed by atoms with Gasteiger partial charge in [-0.05, 0) is 199 Å². The number of nitrogens with one attached hydrogen (secondary N) is 4. The molecule has 4 aromatic carbocycles. The number of rotatable bonds is 24. The Morgan fingerprint density at radius 3 is 0.971 bits per heavy atom. The third-order valence-electron chi connectivity index (χ3n) is 24.2. The molecule has 20 rings (SSSR count). The zero-order chi connectivity index (χ0) is 95.3. The second kappa shape index (κ2) is 40.2. The molecular weight excluding hydrogens is 1730 g/mol. The maximum atomic E-state index is 13.9. The maximum Gasteiger partial charge on any atom is 0.316 e. The summed E-state index contributed by atoms with van der Waals surface area (Å²) >= 11 is 0. The quantitative estimate of drug-likeness (QED) is 0.0408. The third kappa shape index (κ3) is 19.8. The van der Waals surface area contributed by atoms with Crippen molar-refractivity contribution >= 4 is 89.1 Å². The number of fused-ring (bicyclic) bond motifs is 4. The molecule has 4 N–H and O–H groups in total. The highest BCUT2D eigenvalue weighted by molar-refractivity contribution is 6.00. The molecule has 688 valence electrons. The normalized spacial score (nSPS) is 13.8. The van der Waals surface area contributed by atoms with Crippen LogP contribution in [0.4, 0.5) is 46.0 Å². The molecule has 137 heavy (non-hydrogen) atoms. The largest absolute Gasteiger partial charge is 0.495 e. The molecule has 16 aromatic rings. The molecule has 4 aliphatic carbocycles. The summed E-state index contributed by atoms with van der Waals surface area (Å²) in [5.41, 5.74) is 11.4. The molecule has 12 aromatic heterocycles. The smallest absolute Gasteiger partial charge is 0.316 e. The van der Waals surface area contributed by atoms with Gasteiger partial charge < -0.3 is 58.5 Å². The Hall–Kier alpha value is -17.1. The SMILES string of the molecule is C.[C-]#[N+]c1cnc(C)nc1N[C@@H](C)c1cc2cccc(-c3ccc(OC)nc3)c2c(=O)n1C1CC1.[C-]#[N+]c1cnc(C)nc1N[C@@H](C)c1cc2cccc(-c3ccnc(OC)c3)c2c(=O)n1C1CC1.[C-]#[N+]c1cnc(C)nc1N[C@@H](C)c1cc2cccc(-c3cnc(OC)nc3)c2c(=O)n1C1CC1.[C-]#[N+]c1cnc(C)nc1N[C@@H](C)c1cc2cccc(-c3cncc(OC)c3)c2c(=O)n1C1CC1. The molecule has 0 unspecified atom stereocenters. The highest BCUT2D eigenvalue weighted by Crippen LogP contribution is 2.45. The molecule has 4 atom stereocenters. The summed E-state index contributed by atoms with van der Waals surface area (Å²) in [6, 6.07) is 41.0. The Morgan fingerprint density at radius 2 is 0.664 bits per heavy atom. The summed E-state index contributed by atoms with van der Waals surface area (Å²) in [4.78, 5) is 125. The molecule has 0 saturated heterocycles. The van der Waals surface area contributed by atoms with Crippen LogP contribution in [0.5, 0.6) is 23.5 Å². The first kappa shape index (κ1) is 93.2. The van der Waals surface area contributed by atoms with Gasteiger partial charge >= 0.3 is 6.01 Å². The van der Waals surface area contributed by atoms with Crippen LogP contribution in [0.3, 0.4) is 0 Å². The summed E-state index contributed by atoms with van der Waals surface area (Å²) < 4.78 is 28.5. The van der Waals surface area contributed by atoms with Gasteiger partial charge in [0.15, 0.2) is 0 Å². The fraction of sp³-hybridized carbons (Fsp3) is 0.279. The minimum absolute atomic E-state index is 0. The van der Waals surface area contributed by atoms with Gasteiger partial charge in [0.2, 0.25) is 34.5 Å². The van der Waals surface area contributed by atoms with Gasteiger partial charge in [0.05, 0.1) is 107 Å². The monoisotopic (exact) mass is 1830 g/mol. The van der Waals surface area contributed by atoms with Crippen LogP contribution in [-0.4, -0.2) is 111 Å². The highest BCUT2D eigenvalue weighted by atomic mass is 16.5. The van der Waals surface area contributed by atoms with E-state index >= 15 is 0 Å². The summed E-state index contributed by atoms with van der Waals surface area (Å²) in [7, 11) is 6.27. The predicted molar refractivity (Wildman–Crippen MR) is 530 cm³/mol. The number of hydrogen-bond acceptors (Lipinski definition) is 25. The van der Waals surface area contributed by atoms with E-state index in [1.54, 1.807) is 92.3 Å². The molecule has 33 heteroatoms. The van der Waals surface area contributed by atoms with Crippen LogP contribution in [0.2, 0.25) is 0 Å². The van der Waals surface area contributed by atoms with E-state index < -0.39 is 0 Å². The molecule has 33 nitrogen and oxygen atoms in total. The van der Waals surface area contributed by atoms with Gasteiger partial charge in [-0.1, -0.05) is 80.2 Å². The van der Waals surface area contributed by atoms with Gasteiger partial charge in [-0.25, -0.2) is 59.3 Å². The first-order valence-corrected chi connectivity index (χ1v) is 44.5. The Kier molecular flexibility index (Phi) is 27.3. The average Bonchev–Trinajstić information content (AvgIpc) is 1.75. The number of pyridine rings is 7. The molecule has 4 saturated carbocycles. The lowest BCUT2D eigenvalue weighted by Crippen LogP contribution is -2.26. The fourth-order valence-corrected chi connectivity index (χ4v) is 17.0. The molecule has 0 radical (unpaired) electrons. The van der Waals surface area contributed by atoms with Crippen LogP contribution in [0.15, 0.2) is 209 Å². The lowest BCUT2D eigenvalue weighted by molar-refractivity contribution is 0.380. The van der Waals surface area contributed by atoms with E-state index in [2.05, 4.69) is 124 Å². The van der Waals surface area contributed by atoms with E-state index in [1.165, 1.54) is 31.9 Å². The van der Waals surface area contributed by atoms with Crippen molar-refractivity contribution in [1.29, 1.82) is 0 Å². The van der Waals surface area contributed by atoms with E-state index in [-0.39, 0.29) is 84.0 Å². The van der Waals surface area contributed by atoms with Crippen molar-refractivity contribution in [3.05, 3.63) is 323 Å². The molecule has 0 amide bonds. The third-order valence-corrected chi connectivity index (χ3v) is 24.2. The van der Waals surface area contributed by atoms with Gasteiger partial charge in [-0.3, -0.25) is 44.1 Å². The number of aryl methyl sites for hydroxylation is 4. The van der Waals surface area contributed by atoms with Crippen molar-refractivity contribution in [2.24, 2.45) is 0 Å². The number of hydrogen-bond donors (Lipinski definition) is 4. The molecule has 4 aliphatic rings. The molecule has 12 heterocycles. The topological polar surface area (TPSA) is 358 Å². The van der Waals surface area contributed by atoms with Gasteiger partial charge in [-0.15, -0.1) is 0 Å². The number of nitrogens with zero attached hydrogens (tertiary/aromatic N) is 21. The van der Waals surface area contributed by atoms with Crippen LogP contribution < -0.4 is 62.5 Å². The lowest BCUT2D eigenvalue weighted by Gasteiger charge is -2.22. The van der Waals surface area contributed by atoms with Crippen LogP contribution in [-0.2, 0) is 0 Å². The summed E-state index contributed by atoms with van der Waals surface area (Å²) in [6.07, 6.45) is 24.0. The van der Waals surface area contributed by atoms with E-state index in [1.807, 2.05) is 149 Å². The van der Waals surface area contributed by atoms with Crippen LogP contribution in [0.1, 0.15) is 181 Å². The highest BCUT2D eigenvalue weighted by Gasteiger charge is 2.36. The zero-order valence-electron chi connectivity index (χ0n) is 76.8. The minimum atomic E-state index is -0.250. The molecular formula is C104H99N25O8.